The molecule has 1 aliphatic carbocycles. The highest BCUT2D eigenvalue weighted by molar-refractivity contribution is 5.80. The number of benzene rings is 1. The van der Waals surface area contributed by atoms with E-state index in [1.54, 1.807) is 7.11 Å². The van der Waals surface area contributed by atoms with Gasteiger partial charge in [0.25, 0.3) is 0 Å². The molecule has 4 heteroatoms. The number of nitrogens with one attached hydrogen (secondary N) is 1. The van der Waals surface area contributed by atoms with E-state index in [1.807, 2.05) is 24.3 Å². The number of anilines is 1. The van der Waals surface area contributed by atoms with Crippen molar-refractivity contribution >= 4 is 11.7 Å². The number of rotatable bonds is 5. The maximum atomic E-state index is 12.1. The average Bonchev–Trinajstić information content (AvgIpc) is 2.53. The van der Waals surface area contributed by atoms with Crippen LogP contribution in [0.4, 0.5) is 5.69 Å². The SMILES string of the molecule is COC(=O)C(Nc1ccccc1OC)C1CC=CCC1. The van der Waals surface area contributed by atoms with E-state index in [1.165, 1.54) is 7.11 Å². The fraction of sp³-hybridized carbons (Fsp3) is 0.438. The van der Waals surface area contributed by atoms with Gasteiger partial charge in [-0.2, -0.15) is 0 Å². The van der Waals surface area contributed by atoms with Crippen LogP contribution in [-0.4, -0.2) is 26.2 Å². The Morgan fingerprint density at radius 2 is 2.10 bits per heavy atom. The predicted octanol–water partition coefficient (Wildman–Crippen LogP) is 3.01. The van der Waals surface area contributed by atoms with Gasteiger partial charge in [0.1, 0.15) is 11.8 Å². The van der Waals surface area contributed by atoms with E-state index < -0.39 is 0 Å². The Kier molecular flexibility index (Phi) is 5.04. The molecule has 108 valence electrons. The van der Waals surface area contributed by atoms with Crippen LogP contribution in [0.5, 0.6) is 5.75 Å². The van der Waals surface area contributed by atoms with Crippen LogP contribution < -0.4 is 10.1 Å². The van der Waals surface area contributed by atoms with Gasteiger partial charge in [0.15, 0.2) is 0 Å². The van der Waals surface area contributed by atoms with Gasteiger partial charge < -0.3 is 14.8 Å². The molecule has 0 aromatic heterocycles. The van der Waals surface area contributed by atoms with Crippen molar-refractivity contribution in [1.82, 2.24) is 0 Å². The van der Waals surface area contributed by atoms with Crippen LogP contribution in [0.15, 0.2) is 36.4 Å². The number of carbonyl (C=O) groups excluding carboxylic acids is 1. The Morgan fingerprint density at radius 1 is 1.30 bits per heavy atom. The summed E-state index contributed by atoms with van der Waals surface area (Å²) in [6.45, 7) is 0. The number of para-hydroxylation sites is 2. The van der Waals surface area contributed by atoms with Gasteiger partial charge in [-0.1, -0.05) is 24.3 Å². The molecule has 0 saturated carbocycles. The van der Waals surface area contributed by atoms with Gasteiger partial charge in [0.2, 0.25) is 0 Å². The lowest BCUT2D eigenvalue weighted by Crippen LogP contribution is -2.38. The molecule has 0 heterocycles. The molecule has 0 fully saturated rings. The first-order valence-corrected chi connectivity index (χ1v) is 6.88. The fourth-order valence-electron chi connectivity index (χ4n) is 2.55. The van der Waals surface area contributed by atoms with E-state index in [9.17, 15) is 4.79 Å². The fourth-order valence-corrected chi connectivity index (χ4v) is 2.55. The zero-order chi connectivity index (χ0) is 14.4. The minimum absolute atomic E-state index is 0.226. The predicted molar refractivity (Wildman–Crippen MR) is 78.9 cm³/mol. The molecule has 1 N–H and O–H groups in total. The number of hydrogen-bond acceptors (Lipinski definition) is 4. The maximum Gasteiger partial charge on any atom is 0.328 e. The van der Waals surface area contributed by atoms with E-state index in [0.717, 1.165) is 30.7 Å². The molecular weight excluding hydrogens is 254 g/mol. The quantitative estimate of drug-likeness (QED) is 0.663. The standard InChI is InChI=1S/C16H21NO3/c1-19-14-11-7-6-10-13(14)17-15(16(18)20-2)12-8-4-3-5-9-12/h3-4,6-7,10-12,15,17H,5,8-9H2,1-2H3. The van der Waals surface area contributed by atoms with Gasteiger partial charge in [-0.15, -0.1) is 0 Å². The van der Waals surface area contributed by atoms with Crippen molar-refractivity contribution in [3.05, 3.63) is 36.4 Å². The van der Waals surface area contributed by atoms with Gasteiger partial charge in [0, 0.05) is 0 Å². The van der Waals surface area contributed by atoms with Crippen molar-refractivity contribution in [3.8, 4) is 5.75 Å². The van der Waals surface area contributed by atoms with Crippen LogP contribution in [0.3, 0.4) is 0 Å². The second-order valence-electron chi connectivity index (χ2n) is 4.89. The third-order valence-electron chi connectivity index (χ3n) is 3.65. The molecule has 1 aliphatic rings. The molecule has 0 radical (unpaired) electrons. The summed E-state index contributed by atoms with van der Waals surface area (Å²) in [6, 6.07) is 7.26. The van der Waals surface area contributed by atoms with Crippen molar-refractivity contribution < 1.29 is 14.3 Å². The second kappa shape index (κ2) is 6.98. The minimum atomic E-state index is -0.346. The molecule has 20 heavy (non-hydrogen) atoms. The largest absolute Gasteiger partial charge is 0.495 e. The molecule has 4 nitrogen and oxygen atoms in total. The number of ether oxygens (including phenoxy) is 2. The summed E-state index contributed by atoms with van der Waals surface area (Å²) >= 11 is 0. The summed E-state index contributed by atoms with van der Waals surface area (Å²) in [7, 11) is 3.05. The van der Waals surface area contributed by atoms with Crippen molar-refractivity contribution in [2.24, 2.45) is 5.92 Å². The second-order valence-corrected chi connectivity index (χ2v) is 4.89. The monoisotopic (exact) mass is 275 g/mol. The highest BCUT2D eigenvalue weighted by atomic mass is 16.5. The Balaban J connectivity index is 2.19. The van der Waals surface area contributed by atoms with Crippen LogP contribution in [0, 0.1) is 5.92 Å². The van der Waals surface area contributed by atoms with E-state index >= 15 is 0 Å². The molecule has 2 unspecified atom stereocenters. The number of allylic oxidation sites excluding steroid dienone is 2. The summed E-state index contributed by atoms with van der Waals surface area (Å²) in [5.41, 5.74) is 0.819. The smallest absolute Gasteiger partial charge is 0.328 e. The van der Waals surface area contributed by atoms with Gasteiger partial charge in [-0.05, 0) is 37.3 Å². The molecule has 0 spiro atoms. The maximum absolute atomic E-state index is 12.1. The van der Waals surface area contributed by atoms with Crippen LogP contribution in [0.2, 0.25) is 0 Å². The molecule has 0 amide bonds. The highest BCUT2D eigenvalue weighted by Gasteiger charge is 2.29. The van der Waals surface area contributed by atoms with E-state index in [-0.39, 0.29) is 17.9 Å². The van der Waals surface area contributed by atoms with Gasteiger partial charge in [0.05, 0.1) is 19.9 Å². The summed E-state index contributed by atoms with van der Waals surface area (Å²) in [6.07, 6.45) is 7.17. The number of carbonyl (C=O) groups is 1. The van der Waals surface area contributed by atoms with E-state index in [4.69, 9.17) is 9.47 Å². The first kappa shape index (κ1) is 14.4. The molecule has 0 aliphatic heterocycles. The molecule has 2 rings (SSSR count). The third-order valence-corrected chi connectivity index (χ3v) is 3.65. The molecule has 2 atom stereocenters. The van der Waals surface area contributed by atoms with Crippen molar-refractivity contribution in [2.75, 3.05) is 19.5 Å². The van der Waals surface area contributed by atoms with Gasteiger partial charge in [-0.3, -0.25) is 0 Å². The van der Waals surface area contributed by atoms with Crippen LogP contribution in [0.25, 0.3) is 0 Å². The van der Waals surface area contributed by atoms with Crippen LogP contribution in [-0.2, 0) is 9.53 Å². The topological polar surface area (TPSA) is 47.6 Å². The summed E-state index contributed by atoms with van der Waals surface area (Å²) < 4.78 is 10.3. The van der Waals surface area contributed by atoms with Crippen molar-refractivity contribution in [2.45, 2.75) is 25.3 Å². The zero-order valence-electron chi connectivity index (χ0n) is 12.0. The normalized spacial score (nSPS) is 19.2. The van der Waals surface area contributed by atoms with Crippen molar-refractivity contribution in [1.29, 1.82) is 0 Å². The lowest BCUT2D eigenvalue weighted by atomic mass is 9.87. The van der Waals surface area contributed by atoms with Gasteiger partial charge >= 0.3 is 5.97 Å². The number of hydrogen-bond donors (Lipinski definition) is 1. The Bertz CT molecular complexity index is 484. The first-order valence-electron chi connectivity index (χ1n) is 6.88. The van der Waals surface area contributed by atoms with Crippen LogP contribution >= 0.6 is 0 Å². The molecule has 1 aromatic rings. The van der Waals surface area contributed by atoms with E-state index in [2.05, 4.69) is 17.5 Å². The molecule has 0 saturated heterocycles. The third kappa shape index (κ3) is 3.32. The number of methoxy groups -OCH3 is 2. The van der Waals surface area contributed by atoms with Crippen molar-refractivity contribution in [3.63, 3.8) is 0 Å². The summed E-state index contributed by atoms with van der Waals surface area (Å²) in [5.74, 6) is 0.751. The summed E-state index contributed by atoms with van der Waals surface area (Å²) in [5, 5.41) is 3.29. The van der Waals surface area contributed by atoms with E-state index in [0.29, 0.717) is 0 Å². The lowest BCUT2D eigenvalue weighted by Gasteiger charge is -2.28. The van der Waals surface area contributed by atoms with Crippen LogP contribution in [0.1, 0.15) is 19.3 Å². The first-order chi connectivity index (χ1) is 9.76. The molecular formula is C16H21NO3. The highest BCUT2D eigenvalue weighted by Crippen LogP contribution is 2.29. The average molecular weight is 275 g/mol. The minimum Gasteiger partial charge on any atom is -0.495 e. The number of esters is 1. The zero-order valence-corrected chi connectivity index (χ0v) is 12.0. The van der Waals surface area contributed by atoms with Gasteiger partial charge in [-0.25, -0.2) is 4.79 Å². The Labute approximate surface area is 119 Å². The Hall–Kier alpha value is -1.97. The summed E-state index contributed by atoms with van der Waals surface area (Å²) in [4.78, 5) is 12.1. The molecule has 0 bridgehead atoms. The Morgan fingerprint density at radius 3 is 2.75 bits per heavy atom. The molecule has 1 aromatic carbocycles. The lowest BCUT2D eigenvalue weighted by molar-refractivity contribution is -0.142.